The number of nitrogens with zero attached hydrogens (tertiary/aromatic N) is 2. The average Bonchev–Trinajstić information content (AvgIpc) is 2.54. The van der Waals surface area contributed by atoms with Crippen LogP contribution in [0.4, 0.5) is 0 Å². The third-order valence-electron chi connectivity index (χ3n) is 3.17. The van der Waals surface area contributed by atoms with Gasteiger partial charge in [-0.3, -0.25) is 0 Å². The van der Waals surface area contributed by atoms with E-state index in [0.29, 0.717) is 31.3 Å². The van der Waals surface area contributed by atoms with Crippen molar-refractivity contribution < 1.29 is 19.1 Å². The maximum absolute atomic E-state index is 10.4. The summed E-state index contributed by atoms with van der Waals surface area (Å²) in [6.07, 6.45) is 1.45. The highest BCUT2D eigenvalue weighted by molar-refractivity contribution is 5.43. The molecule has 0 saturated carbocycles. The maximum Gasteiger partial charge on any atom is 0.203 e. The van der Waals surface area contributed by atoms with E-state index < -0.39 is 0 Å². The van der Waals surface area contributed by atoms with E-state index in [9.17, 15) is 4.91 Å². The predicted octanol–water partition coefficient (Wildman–Crippen LogP) is 3.88. The average molecular weight is 324 g/mol. The first-order valence-corrected chi connectivity index (χ1v) is 7.49. The Morgan fingerprint density at radius 1 is 1.22 bits per heavy atom. The fourth-order valence-electron chi connectivity index (χ4n) is 2.12. The monoisotopic (exact) mass is 324 g/mol. The molecule has 1 atom stereocenters. The summed E-state index contributed by atoms with van der Waals surface area (Å²) >= 11 is 0. The van der Waals surface area contributed by atoms with Gasteiger partial charge in [0.05, 0.1) is 12.7 Å². The van der Waals surface area contributed by atoms with Crippen molar-refractivity contribution in [3.05, 3.63) is 28.7 Å². The Morgan fingerprint density at radius 2 is 2.00 bits per heavy atom. The van der Waals surface area contributed by atoms with Crippen molar-refractivity contribution in [2.75, 3.05) is 20.3 Å². The molecule has 1 aromatic carbocycles. The summed E-state index contributed by atoms with van der Waals surface area (Å²) in [5.41, 5.74) is 0.957. The van der Waals surface area contributed by atoms with Crippen LogP contribution in [0.15, 0.2) is 28.7 Å². The number of oxime groups is 1. The van der Waals surface area contributed by atoms with Gasteiger partial charge in [0.2, 0.25) is 5.75 Å². The molecule has 0 fully saturated rings. The molecule has 0 saturated heterocycles. The highest BCUT2D eigenvalue weighted by Crippen LogP contribution is 2.34. The molecule has 23 heavy (non-hydrogen) atoms. The first-order chi connectivity index (χ1) is 11.1. The Labute approximate surface area is 136 Å². The van der Waals surface area contributed by atoms with E-state index in [2.05, 4.69) is 31.1 Å². The third-order valence-corrected chi connectivity index (χ3v) is 3.17. The molecule has 0 amide bonds. The van der Waals surface area contributed by atoms with Gasteiger partial charge in [0.1, 0.15) is 6.61 Å². The molecule has 7 nitrogen and oxygen atoms in total. The zero-order valence-electron chi connectivity index (χ0n) is 13.9. The van der Waals surface area contributed by atoms with Crippen LogP contribution in [0.1, 0.15) is 38.4 Å². The summed E-state index contributed by atoms with van der Waals surface area (Å²) in [4.78, 5) is 19.9. The second kappa shape index (κ2) is 10.6. The van der Waals surface area contributed by atoms with E-state index in [4.69, 9.17) is 19.1 Å². The van der Waals surface area contributed by atoms with Crippen molar-refractivity contribution >= 4 is 6.72 Å². The minimum absolute atomic E-state index is 0.0520. The minimum Gasteiger partial charge on any atom is -0.489 e. The minimum atomic E-state index is -0.0520. The largest absolute Gasteiger partial charge is 0.489 e. The lowest BCUT2D eigenvalue weighted by molar-refractivity contribution is 0.0841. The summed E-state index contributed by atoms with van der Waals surface area (Å²) in [5, 5.41) is 5.76. The molecule has 7 heteroatoms. The van der Waals surface area contributed by atoms with E-state index >= 15 is 0 Å². The normalized spacial score (nSPS) is 11.8. The number of hydrogen-bond donors (Lipinski definition) is 0. The van der Waals surface area contributed by atoms with Crippen molar-refractivity contribution in [1.29, 1.82) is 0 Å². The molecule has 0 aromatic heterocycles. The van der Waals surface area contributed by atoms with Crippen LogP contribution in [0.3, 0.4) is 0 Å². The highest BCUT2D eigenvalue weighted by Gasteiger charge is 2.16. The van der Waals surface area contributed by atoms with E-state index in [1.807, 2.05) is 12.1 Å². The highest BCUT2D eigenvalue weighted by atomic mass is 16.7. The summed E-state index contributed by atoms with van der Waals surface area (Å²) in [5.74, 6) is 1.20. The Kier molecular flexibility index (Phi) is 8.67. The van der Waals surface area contributed by atoms with Crippen LogP contribution >= 0.6 is 0 Å². The van der Waals surface area contributed by atoms with Crippen LogP contribution < -0.4 is 9.57 Å². The van der Waals surface area contributed by atoms with Gasteiger partial charge in [-0.1, -0.05) is 19.9 Å². The standard InChI is InChI=1S/C16H24N2O5/c1-12(2)10-15(20-4)13-6-7-14(23-18-19)16(11-13)21-8-5-9-22-17-3/h6-7,11-12,15H,3,5,8-10H2,1-2,4H3. The molecule has 0 bridgehead atoms. The maximum atomic E-state index is 10.4. The quantitative estimate of drug-likeness (QED) is 0.252. The van der Waals surface area contributed by atoms with Crippen molar-refractivity contribution in [2.24, 2.45) is 16.4 Å². The first kappa shape index (κ1) is 18.9. The fraction of sp³-hybridized carbons (Fsp3) is 0.562. The number of methoxy groups -OCH3 is 1. The summed E-state index contributed by atoms with van der Waals surface area (Å²) in [6.45, 7) is 8.27. The molecule has 0 aliphatic rings. The van der Waals surface area contributed by atoms with Gasteiger partial charge in [-0.05, 0) is 30.0 Å². The van der Waals surface area contributed by atoms with Gasteiger partial charge in [-0.25, -0.2) is 0 Å². The Morgan fingerprint density at radius 3 is 2.61 bits per heavy atom. The van der Waals surface area contributed by atoms with Gasteiger partial charge in [0.25, 0.3) is 0 Å². The fourth-order valence-corrected chi connectivity index (χ4v) is 2.12. The lowest BCUT2D eigenvalue weighted by Crippen LogP contribution is -2.07. The first-order valence-electron chi connectivity index (χ1n) is 7.49. The Balaban J connectivity index is 2.83. The van der Waals surface area contributed by atoms with Crippen LogP contribution in [0.25, 0.3) is 0 Å². The van der Waals surface area contributed by atoms with Crippen molar-refractivity contribution in [3.8, 4) is 11.5 Å². The van der Waals surface area contributed by atoms with E-state index in [0.717, 1.165) is 12.0 Å². The lowest BCUT2D eigenvalue weighted by Gasteiger charge is -2.19. The van der Waals surface area contributed by atoms with Gasteiger partial charge in [0.15, 0.2) is 11.1 Å². The molecule has 0 aliphatic heterocycles. The second-order valence-corrected chi connectivity index (χ2v) is 5.39. The lowest BCUT2D eigenvalue weighted by atomic mass is 9.99. The number of hydrogen-bond acceptors (Lipinski definition) is 7. The molecular weight excluding hydrogens is 300 g/mol. The smallest absolute Gasteiger partial charge is 0.203 e. The Bertz CT molecular complexity index is 493. The molecule has 0 spiro atoms. The molecule has 0 radical (unpaired) electrons. The van der Waals surface area contributed by atoms with Crippen LogP contribution in [-0.2, 0) is 9.57 Å². The summed E-state index contributed by atoms with van der Waals surface area (Å²) < 4.78 is 11.2. The van der Waals surface area contributed by atoms with Crippen LogP contribution in [0.2, 0.25) is 0 Å². The predicted molar refractivity (Wildman–Crippen MR) is 87.7 cm³/mol. The SMILES string of the molecule is C=NOCCCOc1cc(C(CC(C)C)OC)ccc1ON=O. The molecule has 1 unspecified atom stereocenters. The van der Waals surface area contributed by atoms with E-state index in [1.165, 1.54) is 0 Å². The van der Waals surface area contributed by atoms with Crippen molar-refractivity contribution in [2.45, 2.75) is 32.8 Å². The van der Waals surface area contributed by atoms with Crippen LogP contribution in [0.5, 0.6) is 11.5 Å². The van der Waals surface area contributed by atoms with Crippen LogP contribution in [-0.4, -0.2) is 27.0 Å². The van der Waals surface area contributed by atoms with Gasteiger partial charge in [-0.15, -0.1) is 10.1 Å². The summed E-state index contributed by atoms with van der Waals surface area (Å²) in [6, 6.07) is 5.30. The summed E-state index contributed by atoms with van der Waals surface area (Å²) in [7, 11) is 1.67. The van der Waals surface area contributed by atoms with Gasteiger partial charge < -0.3 is 19.1 Å². The van der Waals surface area contributed by atoms with E-state index in [-0.39, 0.29) is 11.9 Å². The number of benzene rings is 1. The van der Waals surface area contributed by atoms with E-state index in [1.54, 1.807) is 13.2 Å². The molecule has 0 N–H and O–H groups in total. The molecule has 128 valence electrons. The number of rotatable bonds is 12. The van der Waals surface area contributed by atoms with Gasteiger partial charge in [0, 0.05) is 20.2 Å². The molecular formula is C16H24N2O5. The molecule has 1 rings (SSSR count). The molecule has 0 heterocycles. The van der Waals surface area contributed by atoms with Crippen molar-refractivity contribution in [1.82, 2.24) is 0 Å². The zero-order chi connectivity index (χ0) is 17.1. The van der Waals surface area contributed by atoms with Gasteiger partial charge >= 0.3 is 0 Å². The van der Waals surface area contributed by atoms with Crippen LogP contribution in [0, 0.1) is 10.8 Å². The molecule has 1 aromatic rings. The second-order valence-electron chi connectivity index (χ2n) is 5.39. The third kappa shape index (κ3) is 6.65. The topological polar surface area (TPSA) is 78.7 Å². The number of ether oxygens (including phenoxy) is 2. The zero-order valence-corrected chi connectivity index (χ0v) is 13.9. The Hall–Kier alpha value is -2.15. The van der Waals surface area contributed by atoms with Crippen molar-refractivity contribution in [3.63, 3.8) is 0 Å². The van der Waals surface area contributed by atoms with Gasteiger partial charge in [-0.2, -0.15) is 0 Å². The molecule has 0 aliphatic carbocycles.